The van der Waals surface area contributed by atoms with Gasteiger partial charge >= 0.3 is 11.9 Å². The fourth-order valence-electron chi connectivity index (χ4n) is 6.61. The van der Waals surface area contributed by atoms with Gasteiger partial charge in [-0.2, -0.15) is 12.6 Å². The Labute approximate surface area is 267 Å². The minimum absolute atomic E-state index is 0.00288. The van der Waals surface area contributed by atoms with Gasteiger partial charge in [0.15, 0.2) is 0 Å². The number of aromatic amines is 2. The summed E-state index contributed by atoms with van der Waals surface area (Å²) >= 11 is 4.37. The quantitative estimate of drug-likeness (QED) is 0.155. The monoisotopic (exact) mass is 638 g/mol. The average Bonchev–Trinajstić information content (AvgIpc) is 3.64. The van der Waals surface area contributed by atoms with Crippen LogP contribution < -0.4 is 15.9 Å². The van der Waals surface area contributed by atoms with Crippen molar-refractivity contribution in [2.75, 3.05) is 5.75 Å². The van der Waals surface area contributed by atoms with Crippen LogP contribution in [0.25, 0.3) is 12.3 Å². The van der Waals surface area contributed by atoms with E-state index in [4.69, 9.17) is 0 Å². The summed E-state index contributed by atoms with van der Waals surface area (Å²) in [4.78, 5) is 59.2. The first-order chi connectivity index (χ1) is 21.4. The van der Waals surface area contributed by atoms with Crippen molar-refractivity contribution < 1.29 is 34.5 Å². The number of aliphatic hydroxyl groups is 1. The molecule has 1 fully saturated rings. The number of nitrogens with zero attached hydrogens (tertiary/aromatic N) is 1. The second-order valence-corrected chi connectivity index (χ2v) is 12.3. The number of thiol groups is 1. The number of carbonyl (C=O) groups excluding carboxylic acids is 2. The topological polar surface area (TPSA) is 185 Å². The molecule has 11 nitrogen and oxygen atoms in total. The highest BCUT2D eigenvalue weighted by Crippen LogP contribution is 2.29. The van der Waals surface area contributed by atoms with Crippen LogP contribution in [0.1, 0.15) is 80.2 Å². The van der Waals surface area contributed by atoms with Gasteiger partial charge in [0.1, 0.15) is 0 Å². The Morgan fingerprint density at radius 3 is 2.20 bits per heavy atom. The highest BCUT2D eigenvalue weighted by molar-refractivity contribution is 7.80. The summed E-state index contributed by atoms with van der Waals surface area (Å²) in [6.45, 7) is 7.61. The number of amides is 2. The standard InChI is InChI=1S/C33H42N4O7S/c1-5-19-16(2)25(36-33(19)44)12-24-17(3)20(6-8-30(39)40)26(34-24)13-28-22(7-9-31(41)42)23(15-38)29(35-28)14-27-21(10-11-45)18(4)32(43)37-27/h14-15,18,21,27,34-35,38,45H,5-13H2,1-4H3,(H,37,43)(H,39,40)(H,41,42)/b23-15?,29-14+/t18-,21-,27?/m1/s1. The zero-order valence-electron chi connectivity index (χ0n) is 26.1. The van der Waals surface area contributed by atoms with Crippen LogP contribution in [-0.4, -0.2) is 66.5 Å². The van der Waals surface area contributed by atoms with Crippen molar-refractivity contribution in [3.63, 3.8) is 0 Å². The maximum absolute atomic E-state index is 12.5. The van der Waals surface area contributed by atoms with Crippen molar-refractivity contribution in [3.8, 4) is 0 Å². The highest BCUT2D eigenvalue weighted by Gasteiger charge is 2.37. The van der Waals surface area contributed by atoms with E-state index in [1.54, 1.807) is 0 Å². The van der Waals surface area contributed by atoms with Crippen molar-refractivity contribution in [3.05, 3.63) is 55.5 Å². The fourth-order valence-corrected chi connectivity index (χ4v) is 6.91. The van der Waals surface area contributed by atoms with E-state index in [9.17, 15) is 34.5 Å². The van der Waals surface area contributed by atoms with Crippen LogP contribution in [0.3, 0.4) is 0 Å². The number of allylic oxidation sites excluding steroid dienone is 1. The molecule has 0 radical (unpaired) electrons. The van der Waals surface area contributed by atoms with Crippen molar-refractivity contribution in [1.29, 1.82) is 0 Å². The number of H-pyrrole nitrogens is 2. The predicted octanol–water partition coefficient (Wildman–Crippen LogP) is 2.67. The van der Waals surface area contributed by atoms with Gasteiger partial charge in [0.2, 0.25) is 5.91 Å². The van der Waals surface area contributed by atoms with Crippen molar-refractivity contribution in [2.45, 2.75) is 85.1 Å². The van der Waals surface area contributed by atoms with E-state index in [0.717, 1.165) is 34.3 Å². The average molecular weight is 639 g/mol. The second kappa shape index (κ2) is 14.4. The first-order valence-corrected chi connectivity index (χ1v) is 15.9. The molecule has 6 N–H and O–H groups in total. The summed E-state index contributed by atoms with van der Waals surface area (Å²) in [5, 5.41) is 33.3. The van der Waals surface area contributed by atoms with Crippen LogP contribution in [0.15, 0.2) is 16.1 Å². The van der Waals surface area contributed by atoms with Gasteiger partial charge in [-0.1, -0.05) is 13.8 Å². The molecule has 12 heteroatoms. The fraction of sp³-hybridized carbons (Fsp3) is 0.485. The van der Waals surface area contributed by atoms with E-state index in [2.05, 4.69) is 32.9 Å². The molecule has 242 valence electrons. The van der Waals surface area contributed by atoms with Gasteiger partial charge in [0.25, 0.3) is 5.91 Å². The minimum Gasteiger partial charge on any atom is -0.515 e. The number of hydrogen-bond donors (Lipinski definition) is 7. The molecule has 0 aromatic carbocycles. The van der Waals surface area contributed by atoms with Gasteiger partial charge in [-0.15, -0.1) is 0 Å². The number of nitrogens with one attached hydrogen (secondary N) is 3. The Hall–Kier alpha value is -4.06. The van der Waals surface area contributed by atoms with Gasteiger partial charge in [-0.25, -0.2) is 4.99 Å². The van der Waals surface area contributed by atoms with Gasteiger partial charge < -0.3 is 30.6 Å². The Morgan fingerprint density at radius 1 is 0.978 bits per heavy atom. The van der Waals surface area contributed by atoms with Crippen LogP contribution in [0.4, 0.5) is 0 Å². The smallest absolute Gasteiger partial charge is 0.303 e. The molecule has 0 aliphatic carbocycles. The van der Waals surface area contributed by atoms with E-state index >= 15 is 0 Å². The zero-order chi connectivity index (χ0) is 33.0. The molecule has 2 aromatic heterocycles. The number of aliphatic hydroxyl groups excluding tert-OH is 1. The highest BCUT2D eigenvalue weighted by atomic mass is 32.1. The predicted molar refractivity (Wildman–Crippen MR) is 174 cm³/mol. The number of rotatable bonds is 14. The summed E-state index contributed by atoms with van der Waals surface area (Å²) in [6.07, 6.45) is 4.97. The third kappa shape index (κ3) is 7.27. The second-order valence-electron chi connectivity index (χ2n) is 11.9. The summed E-state index contributed by atoms with van der Waals surface area (Å²) in [7, 11) is 0. The van der Waals surface area contributed by atoms with Crippen molar-refractivity contribution >= 4 is 54.4 Å². The van der Waals surface area contributed by atoms with E-state index < -0.39 is 11.9 Å². The summed E-state index contributed by atoms with van der Waals surface area (Å²) in [6, 6.07) is -0.304. The van der Waals surface area contributed by atoms with Crippen LogP contribution in [0.5, 0.6) is 0 Å². The molecule has 0 spiro atoms. The maximum Gasteiger partial charge on any atom is 0.303 e. The molecule has 0 saturated carbocycles. The van der Waals surface area contributed by atoms with Crippen molar-refractivity contribution in [2.24, 2.45) is 16.8 Å². The molecule has 2 aliphatic rings. The molecule has 45 heavy (non-hydrogen) atoms. The molecule has 4 heterocycles. The number of carboxylic acid groups (broad SMARTS) is 2. The molecule has 2 aliphatic heterocycles. The van der Waals surface area contributed by atoms with Crippen molar-refractivity contribution in [1.82, 2.24) is 15.3 Å². The lowest BCUT2D eigenvalue weighted by atomic mass is 9.89. The van der Waals surface area contributed by atoms with Gasteiger partial charge in [0.05, 0.1) is 18.0 Å². The summed E-state index contributed by atoms with van der Waals surface area (Å²) < 4.78 is 0. The number of carbonyl (C=O) groups is 4. The molecule has 2 amide bonds. The van der Waals surface area contributed by atoms with Crippen LogP contribution >= 0.6 is 12.6 Å². The molecule has 0 bridgehead atoms. The molecule has 1 saturated heterocycles. The van der Waals surface area contributed by atoms with Crippen LogP contribution in [0.2, 0.25) is 0 Å². The number of aliphatic imine (C=N–C) groups is 1. The van der Waals surface area contributed by atoms with E-state index in [0.29, 0.717) is 58.1 Å². The third-order valence-electron chi connectivity index (χ3n) is 9.21. The lowest BCUT2D eigenvalue weighted by Crippen LogP contribution is -2.34. The number of hydrogen-bond acceptors (Lipinski definition) is 6. The Balaban J connectivity index is 1.80. The molecule has 1 unspecified atom stereocenters. The number of aliphatic carboxylic acids is 2. The Bertz CT molecular complexity index is 1700. The summed E-state index contributed by atoms with van der Waals surface area (Å²) in [5.74, 6) is -1.79. The third-order valence-corrected chi connectivity index (χ3v) is 9.47. The first-order valence-electron chi connectivity index (χ1n) is 15.3. The number of carboxylic acids is 2. The van der Waals surface area contributed by atoms with Gasteiger partial charge in [-0.3, -0.25) is 19.2 Å². The van der Waals surface area contributed by atoms with E-state index in [-0.39, 0.29) is 61.8 Å². The van der Waals surface area contributed by atoms with Gasteiger partial charge in [0, 0.05) is 64.8 Å². The first kappa shape index (κ1) is 33.8. The van der Waals surface area contributed by atoms with Gasteiger partial charge in [-0.05, 0) is 79.5 Å². The molecular weight excluding hydrogens is 596 g/mol. The largest absolute Gasteiger partial charge is 0.515 e. The Morgan fingerprint density at radius 2 is 1.62 bits per heavy atom. The Kier molecular flexibility index (Phi) is 10.8. The maximum atomic E-state index is 12.5. The molecular formula is C33H42N4O7S. The lowest BCUT2D eigenvalue weighted by Gasteiger charge is -2.16. The molecule has 3 atom stereocenters. The molecule has 2 aromatic rings. The normalized spacial score (nSPS) is 20.8. The number of aromatic nitrogens is 2. The zero-order valence-corrected chi connectivity index (χ0v) is 27.0. The molecule has 4 rings (SSSR count). The van der Waals surface area contributed by atoms with E-state index in [1.807, 2.05) is 33.8 Å². The SMILES string of the molecule is CCC1=C(C)C(Cc2[nH]c(Cc3[nH]/c(=C/C4NC(=O)[C@H](C)[C@H]4CCS)c(=CO)c3CCC(=O)O)c(CCC(=O)O)c2C)=NC1=O. The van der Waals surface area contributed by atoms with E-state index in [1.165, 1.54) is 0 Å². The minimum atomic E-state index is -0.982. The van der Waals surface area contributed by atoms with Crippen LogP contribution in [-0.2, 0) is 44.9 Å². The summed E-state index contributed by atoms with van der Waals surface area (Å²) in [5.41, 5.74) is 6.83. The van der Waals surface area contributed by atoms with Crippen LogP contribution in [0, 0.1) is 18.8 Å². The lowest BCUT2D eigenvalue weighted by molar-refractivity contribution is -0.138.